The number of anilines is 1. The van der Waals surface area contributed by atoms with Gasteiger partial charge >= 0.3 is 5.69 Å². The molecule has 20 heavy (non-hydrogen) atoms. The fourth-order valence-corrected chi connectivity index (χ4v) is 1.78. The maximum atomic E-state index is 13.6. The second-order valence-corrected chi connectivity index (χ2v) is 4.02. The first-order valence-electron chi connectivity index (χ1n) is 5.90. The van der Waals surface area contributed by atoms with Crippen molar-refractivity contribution in [3.05, 3.63) is 52.1 Å². The number of hydrogen-bond donors (Lipinski definition) is 1. The fourth-order valence-electron chi connectivity index (χ4n) is 1.78. The molecule has 2 aromatic rings. The third kappa shape index (κ3) is 2.73. The van der Waals surface area contributed by atoms with Crippen LogP contribution in [0.2, 0.25) is 0 Å². The number of imidazole rings is 1. The van der Waals surface area contributed by atoms with Crippen molar-refractivity contribution in [3.8, 4) is 0 Å². The van der Waals surface area contributed by atoms with Gasteiger partial charge in [-0.05, 0) is 6.92 Å². The molecule has 1 N–H and O–H groups in total. The number of nitro groups is 1. The van der Waals surface area contributed by atoms with Gasteiger partial charge in [-0.1, -0.05) is 0 Å². The standard InChI is InChI=1S/C12H12F2N4O2/c1-2-17-4-3-15-12(17)7-16-10-6-11(18(19)20)9(14)5-8(10)13/h3-6,16H,2,7H2,1H3. The molecule has 0 aliphatic heterocycles. The Hall–Kier alpha value is -2.51. The lowest BCUT2D eigenvalue weighted by atomic mass is 10.2. The second-order valence-electron chi connectivity index (χ2n) is 4.02. The van der Waals surface area contributed by atoms with Crippen molar-refractivity contribution in [2.45, 2.75) is 20.0 Å². The third-order valence-corrected chi connectivity index (χ3v) is 2.81. The lowest BCUT2D eigenvalue weighted by Crippen LogP contribution is -2.09. The van der Waals surface area contributed by atoms with Gasteiger partial charge in [-0.25, -0.2) is 9.37 Å². The molecule has 2 rings (SSSR count). The largest absolute Gasteiger partial charge is 0.375 e. The van der Waals surface area contributed by atoms with Crippen LogP contribution in [0.4, 0.5) is 20.2 Å². The zero-order valence-electron chi connectivity index (χ0n) is 10.6. The van der Waals surface area contributed by atoms with Gasteiger partial charge in [0.05, 0.1) is 17.2 Å². The first-order chi connectivity index (χ1) is 9.52. The fraction of sp³-hybridized carbons (Fsp3) is 0.250. The highest BCUT2D eigenvalue weighted by molar-refractivity contribution is 5.53. The topological polar surface area (TPSA) is 73.0 Å². The molecular weight excluding hydrogens is 270 g/mol. The Morgan fingerprint density at radius 3 is 2.80 bits per heavy atom. The quantitative estimate of drug-likeness (QED) is 0.676. The summed E-state index contributed by atoms with van der Waals surface area (Å²) in [6, 6.07) is 1.33. The molecule has 0 unspecified atom stereocenters. The molecule has 0 atom stereocenters. The predicted octanol–water partition coefficient (Wildman–Crippen LogP) is 2.70. The molecule has 0 aliphatic carbocycles. The van der Waals surface area contributed by atoms with E-state index in [2.05, 4.69) is 10.3 Å². The maximum absolute atomic E-state index is 13.6. The Morgan fingerprint density at radius 2 is 2.15 bits per heavy atom. The first kappa shape index (κ1) is 13.9. The van der Waals surface area contributed by atoms with E-state index < -0.39 is 22.2 Å². The number of nitrogens with zero attached hydrogens (tertiary/aromatic N) is 3. The Labute approximate surface area is 113 Å². The number of benzene rings is 1. The molecule has 0 radical (unpaired) electrons. The summed E-state index contributed by atoms with van der Waals surface area (Å²) in [5.41, 5.74) is -0.906. The molecule has 1 heterocycles. The highest BCUT2D eigenvalue weighted by atomic mass is 19.1. The summed E-state index contributed by atoms with van der Waals surface area (Å²) >= 11 is 0. The molecule has 1 aromatic heterocycles. The molecule has 0 saturated heterocycles. The lowest BCUT2D eigenvalue weighted by molar-refractivity contribution is -0.387. The molecule has 0 aliphatic rings. The van der Waals surface area contributed by atoms with Crippen molar-refractivity contribution < 1.29 is 13.7 Å². The van der Waals surface area contributed by atoms with E-state index in [-0.39, 0.29) is 12.2 Å². The molecule has 0 fully saturated rings. The summed E-state index contributed by atoms with van der Waals surface area (Å²) in [4.78, 5) is 13.8. The SMILES string of the molecule is CCn1ccnc1CNc1cc([N+](=O)[O-])c(F)cc1F. The Balaban J connectivity index is 2.21. The van der Waals surface area contributed by atoms with E-state index >= 15 is 0 Å². The van der Waals surface area contributed by atoms with Gasteiger partial charge in [-0.2, -0.15) is 4.39 Å². The molecule has 0 saturated carbocycles. The molecule has 0 amide bonds. The van der Waals surface area contributed by atoms with E-state index in [1.807, 2.05) is 11.5 Å². The van der Waals surface area contributed by atoms with Crippen LogP contribution in [0.5, 0.6) is 0 Å². The summed E-state index contributed by atoms with van der Waals surface area (Å²) in [6.45, 7) is 2.80. The lowest BCUT2D eigenvalue weighted by Gasteiger charge is -2.09. The zero-order valence-corrected chi connectivity index (χ0v) is 10.6. The van der Waals surface area contributed by atoms with Crippen molar-refractivity contribution in [3.63, 3.8) is 0 Å². The minimum atomic E-state index is -1.20. The molecule has 8 heteroatoms. The number of aromatic nitrogens is 2. The molecule has 0 spiro atoms. The number of nitrogens with one attached hydrogen (secondary N) is 1. The summed E-state index contributed by atoms with van der Waals surface area (Å²) in [5.74, 6) is -1.44. The van der Waals surface area contributed by atoms with Crippen molar-refractivity contribution >= 4 is 11.4 Å². The van der Waals surface area contributed by atoms with Crippen molar-refractivity contribution in [2.75, 3.05) is 5.32 Å². The molecule has 106 valence electrons. The molecule has 0 bridgehead atoms. The van der Waals surface area contributed by atoms with E-state index in [4.69, 9.17) is 0 Å². The number of rotatable bonds is 5. The van der Waals surface area contributed by atoms with Crippen LogP contribution in [0.15, 0.2) is 24.5 Å². The van der Waals surface area contributed by atoms with Crippen LogP contribution in [-0.2, 0) is 13.1 Å². The second kappa shape index (κ2) is 5.64. The van der Waals surface area contributed by atoms with Crippen LogP contribution in [0, 0.1) is 21.7 Å². The predicted molar refractivity (Wildman–Crippen MR) is 68.2 cm³/mol. The van der Waals surface area contributed by atoms with Crippen molar-refractivity contribution in [1.29, 1.82) is 0 Å². The zero-order chi connectivity index (χ0) is 14.7. The summed E-state index contributed by atoms with van der Waals surface area (Å²) in [5, 5.41) is 13.3. The van der Waals surface area contributed by atoms with E-state index in [1.54, 1.807) is 12.4 Å². The number of halogens is 2. The summed E-state index contributed by atoms with van der Waals surface area (Å²) in [6.07, 6.45) is 3.37. The minimum Gasteiger partial charge on any atom is -0.375 e. The van der Waals surface area contributed by atoms with E-state index in [9.17, 15) is 18.9 Å². The van der Waals surface area contributed by atoms with Gasteiger partial charge in [-0.3, -0.25) is 10.1 Å². The highest BCUT2D eigenvalue weighted by Gasteiger charge is 2.18. The maximum Gasteiger partial charge on any atom is 0.307 e. The average molecular weight is 282 g/mol. The highest BCUT2D eigenvalue weighted by Crippen LogP contribution is 2.25. The van der Waals surface area contributed by atoms with Crippen LogP contribution in [0.25, 0.3) is 0 Å². The van der Waals surface area contributed by atoms with Gasteiger partial charge in [0.2, 0.25) is 5.82 Å². The van der Waals surface area contributed by atoms with E-state index in [0.29, 0.717) is 18.4 Å². The Kier molecular flexibility index (Phi) is 3.92. The monoisotopic (exact) mass is 282 g/mol. The van der Waals surface area contributed by atoms with Crippen LogP contribution in [0.1, 0.15) is 12.7 Å². The molecular formula is C12H12F2N4O2. The van der Waals surface area contributed by atoms with Crippen LogP contribution in [-0.4, -0.2) is 14.5 Å². The normalized spacial score (nSPS) is 10.6. The van der Waals surface area contributed by atoms with E-state index in [0.717, 1.165) is 6.07 Å². The van der Waals surface area contributed by atoms with Gasteiger partial charge in [-0.15, -0.1) is 0 Å². The van der Waals surface area contributed by atoms with Crippen molar-refractivity contribution in [2.24, 2.45) is 0 Å². The van der Waals surface area contributed by atoms with Gasteiger partial charge in [0.1, 0.15) is 11.6 Å². The summed E-state index contributed by atoms with van der Waals surface area (Å²) < 4.78 is 28.6. The molecule has 1 aromatic carbocycles. The van der Waals surface area contributed by atoms with Crippen LogP contribution < -0.4 is 5.32 Å². The van der Waals surface area contributed by atoms with Gasteiger partial charge in [0, 0.05) is 31.1 Å². The number of nitro benzene ring substituents is 1. The number of hydrogen-bond acceptors (Lipinski definition) is 4. The average Bonchev–Trinajstić information content (AvgIpc) is 2.84. The van der Waals surface area contributed by atoms with Crippen LogP contribution in [0.3, 0.4) is 0 Å². The first-order valence-corrected chi connectivity index (χ1v) is 5.90. The molecule has 6 nitrogen and oxygen atoms in total. The van der Waals surface area contributed by atoms with Gasteiger partial charge in [0.15, 0.2) is 0 Å². The van der Waals surface area contributed by atoms with E-state index in [1.165, 1.54) is 0 Å². The third-order valence-electron chi connectivity index (χ3n) is 2.81. The smallest absolute Gasteiger partial charge is 0.307 e. The summed E-state index contributed by atoms with van der Waals surface area (Å²) in [7, 11) is 0. The van der Waals surface area contributed by atoms with Gasteiger partial charge < -0.3 is 9.88 Å². The Morgan fingerprint density at radius 1 is 1.40 bits per heavy atom. The number of aryl methyl sites for hydroxylation is 1. The van der Waals surface area contributed by atoms with Crippen LogP contribution >= 0.6 is 0 Å². The van der Waals surface area contributed by atoms with Crippen molar-refractivity contribution in [1.82, 2.24) is 9.55 Å². The minimum absolute atomic E-state index is 0.135. The van der Waals surface area contributed by atoms with Gasteiger partial charge in [0.25, 0.3) is 0 Å². The Bertz CT molecular complexity index is 642.